The van der Waals surface area contributed by atoms with Crippen molar-refractivity contribution in [2.75, 3.05) is 34.2 Å². The van der Waals surface area contributed by atoms with Gasteiger partial charge in [0.05, 0.1) is 6.54 Å². The fraction of sp³-hybridized carbons (Fsp3) is 0.750. The first-order valence-corrected chi connectivity index (χ1v) is 7.29. The zero-order valence-electron chi connectivity index (χ0n) is 14.4. The van der Waals surface area contributed by atoms with Gasteiger partial charge in [0, 0.05) is 30.0 Å². The fourth-order valence-corrected chi connectivity index (χ4v) is 2.63. The molecule has 0 saturated carbocycles. The Hall–Kier alpha value is -1.00. The van der Waals surface area contributed by atoms with Crippen LogP contribution in [-0.2, 0) is 12.0 Å². The van der Waals surface area contributed by atoms with E-state index in [1.54, 1.807) is 0 Å². The molecule has 0 radical (unpaired) electrons. The van der Waals surface area contributed by atoms with E-state index < -0.39 is 0 Å². The van der Waals surface area contributed by atoms with Crippen LogP contribution in [0.1, 0.15) is 43.5 Å². The van der Waals surface area contributed by atoms with E-state index in [1.807, 2.05) is 0 Å². The van der Waals surface area contributed by atoms with Crippen LogP contribution in [0.2, 0.25) is 0 Å². The lowest BCUT2D eigenvalue weighted by Gasteiger charge is -2.24. The lowest BCUT2D eigenvalue weighted by atomic mass is 9.85. The molecule has 1 heterocycles. The number of aryl methyl sites for hydroxylation is 2. The molecular weight excluding hydrogens is 248 g/mol. The molecule has 0 aromatic carbocycles. The van der Waals surface area contributed by atoms with Crippen LogP contribution in [-0.4, -0.2) is 54.0 Å². The predicted molar refractivity (Wildman–Crippen MR) is 85.1 cm³/mol. The average molecular weight is 278 g/mol. The summed E-state index contributed by atoms with van der Waals surface area (Å²) in [6, 6.07) is 0. The van der Waals surface area contributed by atoms with Crippen molar-refractivity contribution in [2.45, 2.75) is 46.6 Å². The molecule has 0 spiro atoms. The third kappa shape index (κ3) is 4.84. The van der Waals surface area contributed by atoms with Gasteiger partial charge in [-0.2, -0.15) is 0 Å². The van der Waals surface area contributed by atoms with Crippen LogP contribution >= 0.6 is 0 Å². The predicted octanol–water partition coefficient (Wildman–Crippen LogP) is 2.38. The summed E-state index contributed by atoms with van der Waals surface area (Å²) >= 11 is 0. The van der Waals surface area contributed by atoms with Crippen molar-refractivity contribution >= 4 is 0 Å². The summed E-state index contributed by atoms with van der Waals surface area (Å²) in [5.41, 5.74) is 3.60. The van der Waals surface area contributed by atoms with Crippen molar-refractivity contribution in [3.63, 3.8) is 0 Å². The Bertz CT molecular complexity index is 423. The summed E-state index contributed by atoms with van der Waals surface area (Å²) in [7, 11) is 6.31. The minimum Gasteiger partial charge on any atom is -0.308 e. The Morgan fingerprint density at radius 3 is 1.80 bits per heavy atom. The number of rotatable bonds is 5. The van der Waals surface area contributed by atoms with Gasteiger partial charge in [0.15, 0.2) is 0 Å². The van der Waals surface area contributed by atoms with Crippen molar-refractivity contribution in [1.29, 1.82) is 0 Å². The molecule has 0 aliphatic rings. The zero-order chi connectivity index (χ0) is 15.5. The normalized spacial score (nSPS) is 12.5. The van der Waals surface area contributed by atoms with Gasteiger partial charge in [-0.3, -0.25) is 4.90 Å². The molecule has 0 atom stereocenters. The Morgan fingerprint density at radius 1 is 0.900 bits per heavy atom. The van der Waals surface area contributed by atoms with Gasteiger partial charge in [0.2, 0.25) is 0 Å². The molecule has 0 fully saturated rings. The van der Waals surface area contributed by atoms with Crippen molar-refractivity contribution < 1.29 is 0 Å². The monoisotopic (exact) mass is 278 g/mol. The van der Waals surface area contributed by atoms with E-state index in [9.17, 15) is 0 Å². The third-order valence-electron chi connectivity index (χ3n) is 3.41. The minimum absolute atomic E-state index is 0.101. The highest BCUT2D eigenvalue weighted by Gasteiger charge is 2.21. The number of hydrogen-bond donors (Lipinski definition) is 0. The van der Waals surface area contributed by atoms with Gasteiger partial charge in [-0.15, -0.1) is 0 Å². The second-order valence-corrected chi connectivity index (χ2v) is 6.98. The molecule has 0 N–H and O–H groups in total. The highest BCUT2D eigenvalue weighted by Crippen LogP contribution is 2.26. The molecule has 4 heteroatoms. The second-order valence-electron chi connectivity index (χ2n) is 6.98. The smallest absolute Gasteiger partial charge is 0.142 e. The third-order valence-corrected chi connectivity index (χ3v) is 3.41. The second kappa shape index (κ2) is 6.64. The lowest BCUT2D eigenvalue weighted by Crippen LogP contribution is -2.29. The molecule has 114 valence electrons. The number of nitrogens with zero attached hydrogens (tertiary/aromatic N) is 4. The van der Waals surface area contributed by atoms with Gasteiger partial charge < -0.3 is 4.90 Å². The lowest BCUT2D eigenvalue weighted by molar-refractivity contribution is 0.271. The first kappa shape index (κ1) is 17.1. The summed E-state index contributed by atoms with van der Waals surface area (Å²) in [5.74, 6) is 0.925. The minimum atomic E-state index is 0.101. The molecule has 4 nitrogen and oxygen atoms in total. The van der Waals surface area contributed by atoms with Gasteiger partial charge in [0.1, 0.15) is 5.82 Å². The first-order valence-electron chi connectivity index (χ1n) is 7.29. The van der Waals surface area contributed by atoms with E-state index in [0.29, 0.717) is 0 Å². The molecule has 0 aliphatic carbocycles. The van der Waals surface area contributed by atoms with E-state index in [1.165, 1.54) is 5.56 Å². The molecule has 0 unspecified atom stereocenters. The number of hydrogen-bond acceptors (Lipinski definition) is 4. The Morgan fingerprint density at radius 2 is 1.40 bits per heavy atom. The Kier molecular flexibility index (Phi) is 5.66. The zero-order valence-corrected chi connectivity index (χ0v) is 14.4. The summed E-state index contributed by atoms with van der Waals surface area (Å²) in [6.45, 7) is 13.7. The molecule has 1 aromatic heterocycles. The highest BCUT2D eigenvalue weighted by molar-refractivity contribution is 5.31. The molecule has 20 heavy (non-hydrogen) atoms. The van der Waals surface area contributed by atoms with E-state index >= 15 is 0 Å². The molecule has 0 bridgehead atoms. The Labute approximate surface area is 124 Å². The van der Waals surface area contributed by atoms with Gasteiger partial charge in [0.25, 0.3) is 0 Å². The van der Waals surface area contributed by atoms with Crippen LogP contribution in [0.4, 0.5) is 0 Å². The van der Waals surface area contributed by atoms with E-state index in [-0.39, 0.29) is 5.41 Å². The summed E-state index contributed by atoms with van der Waals surface area (Å²) in [6.07, 6.45) is 0. The van der Waals surface area contributed by atoms with Crippen LogP contribution in [0.15, 0.2) is 0 Å². The van der Waals surface area contributed by atoms with Crippen LogP contribution < -0.4 is 0 Å². The maximum absolute atomic E-state index is 4.70. The number of aromatic nitrogens is 2. The largest absolute Gasteiger partial charge is 0.308 e. The van der Waals surface area contributed by atoms with E-state index in [2.05, 4.69) is 65.6 Å². The van der Waals surface area contributed by atoms with E-state index in [0.717, 1.165) is 36.8 Å². The van der Waals surface area contributed by atoms with Crippen LogP contribution in [0, 0.1) is 13.8 Å². The van der Waals surface area contributed by atoms with Crippen LogP contribution in [0.25, 0.3) is 0 Å². The molecule has 1 rings (SSSR count). The maximum Gasteiger partial charge on any atom is 0.142 e. The highest BCUT2D eigenvalue weighted by atomic mass is 15.2. The van der Waals surface area contributed by atoms with E-state index in [4.69, 9.17) is 9.97 Å². The summed E-state index contributed by atoms with van der Waals surface area (Å²) in [5, 5.41) is 0. The van der Waals surface area contributed by atoms with Crippen LogP contribution in [0.5, 0.6) is 0 Å². The van der Waals surface area contributed by atoms with Crippen molar-refractivity contribution in [1.82, 2.24) is 19.8 Å². The maximum atomic E-state index is 4.70. The quantitative estimate of drug-likeness (QED) is 0.828. The first-order chi connectivity index (χ1) is 9.11. The molecule has 1 aromatic rings. The Balaban J connectivity index is 2.84. The van der Waals surface area contributed by atoms with Gasteiger partial charge in [-0.1, -0.05) is 20.8 Å². The summed E-state index contributed by atoms with van der Waals surface area (Å²) < 4.78 is 0. The average Bonchev–Trinajstić information content (AvgIpc) is 2.23. The molecule has 0 amide bonds. The number of likely N-dealkylation sites (N-methyl/N-ethyl adjacent to an activating group) is 2. The molecule has 0 saturated heterocycles. The fourth-order valence-electron chi connectivity index (χ4n) is 2.63. The van der Waals surface area contributed by atoms with Gasteiger partial charge in [-0.25, -0.2) is 9.97 Å². The summed E-state index contributed by atoms with van der Waals surface area (Å²) in [4.78, 5) is 13.9. The van der Waals surface area contributed by atoms with Crippen molar-refractivity contribution in [3.05, 3.63) is 22.8 Å². The van der Waals surface area contributed by atoms with Gasteiger partial charge >= 0.3 is 0 Å². The topological polar surface area (TPSA) is 32.3 Å². The van der Waals surface area contributed by atoms with Gasteiger partial charge in [-0.05, 0) is 40.4 Å². The van der Waals surface area contributed by atoms with Crippen LogP contribution in [0.3, 0.4) is 0 Å². The SMILES string of the molecule is Cc1nc(CN(C)CCN(C)C)nc(C)c1C(C)(C)C. The van der Waals surface area contributed by atoms with Crippen molar-refractivity contribution in [2.24, 2.45) is 0 Å². The molecule has 0 aliphatic heterocycles. The molecular formula is C16H30N4. The van der Waals surface area contributed by atoms with Crippen molar-refractivity contribution in [3.8, 4) is 0 Å². The standard InChI is InChI=1S/C16H30N4/c1-12-15(16(3,4)5)13(2)18-14(17-12)11-20(8)10-9-19(6)7/h9-11H2,1-8H3.